The Morgan fingerprint density at radius 3 is 2.36 bits per heavy atom. The van der Waals surface area contributed by atoms with Gasteiger partial charge >= 0.3 is 0 Å². The zero-order valence-corrected chi connectivity index (χ0v) is 16.2. The molecule has 3 rings (SSSR count). The Morgan fingerprint density at radius 2 is 1.68 bits per heavy atom. The molecule has 0 aliphatic heterocycles. The normalized spacial score (nSPS) is 11.2. The largest absolute Gasteiger partial charge is 0.350 e. The maximum Gasteiger partial charge on any atom is 0.267 e. The Balaban J connectivity index is 1.75. The lowest BCUT2D eigenvalue weighted by molar-refractivity contribution is -0.122. The number of hydrogen-bond acceptors (Lipinski definition) is 5. The lowest BCUT2D eigenvalue weighted by atomic mass is 10.2. The standard InChI is InChI=1S/C19H16ClN3O4S/c20-15-8-6-14(7-9-15)12-21-17(24)13-23-19(25)11-10-18(22-23)28(26,27)16-4-2-1-3-5-16/h1-11H,12-13H2,(H,21,24). The number of carbonyl (C=O) groups is 1. The van der Waals surface area contributed by atoms with Crippen molar-refractivity contribution in [3.63, 3.8) is 0 Å². The van der Waals surface area contributed by atoms with Gasteiger partial charge in [-0.05, 0) is 35.9 Å². The van der Waals surface area contributed by atoms with Gasteiger partial charge in [-0.1, -0.05) is 41.9 Å². The number of sulfone groups is 1. The lowest BCUT2D eigenvalue weighted by Crippen LogP contribution is -2.33. The van der Waals surface area contributed by atoms with E-state index in [0.29, 0.717) is 5.02 Å². The quantitative estimate of drug-likeness (QED) is 0.661. The van der Waals surface area contributed by atoms with Crippen LogP contribution in [0.3, 0.4) is 0 Å². The Labute approximate surface area is 166 Å². The van der Waals surface area contributed by atoms with Gasteiger partial charge in [0.1, 0.15) is 6.54 Å². The highest BCUT2D eigenvalue weighted by molar-refractivity contribution is 7.91. The molecule has 0 atom stereocenters. The number of halogens is 1. The molecule has 0 spiro atoms. The van der Waals surface area contributed by atoms with Gasteiger partial charge in [0.2, 0.25) is 15.7 Å². The zero-order chi connectivity index (χ0) is 20.1. The fourth-order valence-electron chi connectivity index (χ4n) is 2.40. The Morgan fingerprint density at radius 1 is 1.00 bits per heavy atom. The molecule has 28 heavy (non-hydrogen) atoms. The summed E-state index contributed by atoms with van der Waals surface area (Å²) in [6.07, 6.45) is 0. The van der Waals surface area contributed by atoms with Crippen molar-refractivity contribution in [3.05, 3.63) is 87.7 Å². The number of rotatable bonds is 6. The second-order valence-corrected chi connectivity index (χ2v) is 8.22. The Hall–Kier alpha value is -2.97. The summed E-state index contributed by atoms with van der Waals surface area (Å²) in [4.78, 5) is 24.2. The molecule has 0 bridgehead atoms. The summed E-state index contributed by atoms with van der Waals surface area (Å²) in [5.74, 6) is -0.473. The van der Waals surface area contributed by atoms with E-state index in [4.69, 9.17) is 11.6 Å². The van der Waals surface area contributed by atoms with E-state index >= 15 is 0 Å². The third-order valence-corrected chi connectivity index (χ3v) is 5.78. The van der Waals surface area contributed by atoms with E-state index < -0.39 is 27.8 Å². The summed E-state index contributed by atoms with van der Waals surface area (Å²) in [5.41, 5.74) is 0.257. The van der Waals surface area contributed by atoms with Crippen molar-refractivity contribution in [1.82, 2.24) is 15.1 Å². The van der Waals surface area contributed by atoms with E-state index in [1.54, 1.807) is 42.5 Å². The van der Waals surface area contributed by atoms with Crippen LogP contribution >= 0.6 is 11.6 Å². The van der Waals surface area contributed by atoms with Crippen LogP contribution in [0.15, 0.2) is 81.4 Å². The van der Waals surface area contributed by atoms with Gasteiger partial charge in [0.15, 0.2) is 5.03 Å². The van der Waals surface area contributed by atoms with Gasteiger partial charge in [-0.15, -0.1) is 0 Å². The van der Waals surface area contributed by atoms with Crippen LogP contribution in [0.2, 0.25) is 5.02 Å². The van der Waals surface area contributed by atoms with Gasteiger partial charge < -0.3 is 5.32 Å². The maximum atomic E-state index is 12.6. The molecule has 9 heteroatoms. The van der Waals surface area contributed by atoms with Crippen molar-refractivity contribution in [2.24, 2.45) is 0 Å². The first kappa shape index (κ1) is 19.8. The van der Waals surface area contributed by atoms with E-state index in [-0.39, 0.29) is 16.5 Å². The van der Waals surface area contributed by atoms with Crippen LogP contribution in [0.5, 0.6) is 0 Å². The molecule has 3 aromatic rings. The third kappa shape index (κ3) is 4.65. The molecule has 2 aromatic carbocycles. The highest BCUT2D eigenvalue weighted by Gasteiger charge is 2.20. The maximum absolute atomic E-state index is 12.6. The molecule has 1 heterocycles. The first-order chi connectivity index (χ1) is 13.4. The van der Waals surface area contributed by atoms with Crippen molar-refractivity contribution < 1.29 is 13.2 Å². The lowest BCUT2D eigenvalue weighted by Gasteiger charge is -2.09. The second kappa shape index (κ2) is 8.37. The monoisotopic (exact) mass is 417 g/mol. The molecule has 1 N–H and O–H groups in total. The fraction of sp³-hybridized carbons (Fsp3) is 0.105. The molecule has 0 saturated heterocycles. The average molecular weight is 418 g/mol. The summed E-state index contributed by atoms with van der Waals surface area (Å²) in [6.45, 7) is -0.155. The smallest absolute Gasteiger partial charge is 0.267 e. The minimum absolute atomic E-state index is 0.0555. The molecule has 0 saturated carbocycles. The van der Waals surface area contributed by atoms with Crippen molar-refractivity contribution >= 4 is 27.3 Å². The van der Waals surface area contributed by atoms with E-state index in [9.17, 15) is 18.0 Å². The van der Waals surface area contributed by atoms with Gasteiger partial charge in [0.05, 0.1) is 4.90 Å². The molecule has 7 nitrogen and oxygen atoms in total. The van der Waals surface area contributed by atoms with Crippen LogP contribution in [0.4, 0.5) is 0 Å². The van der Waals surface area contributed by atoms with E-state index in [0.717, 1.165) is 22.4 Å². The number of nitrogens with zero attached hydrogens (tertiary/aromatic N) is 2. The molecule has 0 aliphatic carbocycles. The van der Waals surface area contributed by atoms with Crippen LogP contribution in [-0.4, -0.2) is 24.1 Å². The van der Waals surface area contributed by atoms with Crippen LogP contribution in [0.1, 0.15) is 5.56 Å². The summed E-state index contributed by atoms with van der Waals surface area (Å²) >= 11 is 5.81. The van der Waals surface area contributed by atoms with Gasteiger partial charge in [-0.2, -0.15) is 5.10 Å². The Bertz CT molecular complexity index is 1140. The predicted octanol–water partition coefficient (Wildman–Crippen LogP) is 2.05. The molecular weight excluding hydrogens is 402 g/mol. The minimum Gasteiger partial charge on any atom is -0.350 e. The van der Waals surface area contributed by atoms with Gasteiger partial charge in [0.25, 0.3) is 5.56 Å². The molecule has 0 unspecified atom stereocenters. The molecule has 0 fully saturated rings. The molecule has 144 valence electrons. The highest BCUT2D eigenvalue weighted by Crippen LogP contribution is 2.17. The van der Waals surface area contributed by atoms with Gasteiger partial charge in [-0.25, -0.2) is 13.1 Å². The molecule has 0 radical (unpaired) electrons. The third-order valence-electron chi connectivity index (χ3n) is 3.87. The summed E-state index contributed by atoms with van der Waals surface area (Å²) in [7, 11) is -3.89. The van der Waals surface area contributed by atoms with Crippen LogP contribution in [0.25, 0.3) is 0 Å². The Kier molecular flexibility index (Phi) is 5.91. The summed E-state index contributed by atoms with van der Waals surface area (Å²) < 4.78 is 26.1. The second-order valence-electron chi connectivity index (χ2n) is 5.89. The zero-order valence-electron chi connectivity index (χ0n) is 14.6. The van der Waals surface area contributed by atoms with Crippen molar-refractivity contribution in [2.45, 2.75) is 23.0 Å². The number of amides is 1. The van der Waals surface area contributed by atoms with Crippen LogP contribution < -0.4 is 10.9 Å². The topological polar surface area (TPSA) is 98.1 Å². The first-order valence-corrected chi connectivity index (χ1v) is 10.1. The fourth-order valence-corrected chi connectivity index (χ4v) is 3.74. The van der Waals surface area contributed by atoms with Crippen molar-refractivity contribution in [2.75, 3.05) is 0 Å². The van der Waals surface area contributed by atoms with E-state index in [1.807, 2.05) is 0 Å². The van der Waals surface area contributed by atoms with E-state index in [2.05, 4.69) is 10.4 Å². The van der Waals surface area contributed by atoms with Crippen LogP contribution in [-0.2, 0) is 27.7 Å². The van der Waals surface area contributed by atoms with Gasteiger partial charge in [0, 0.05) is 17.6 Å². The minimum atomic E-state index is -3.89. The summed E-state index contributed by atoms with van der Waals surface area (Å²) in [5, 5.41) is 6.80. The number of aromatic nitrogens is 2. The van der Waals surface area contributed by atoms with Crippen molar-refractivity contribution in [1.29, 1.82) is 0 Å². The molecule has 0 aliphatic rings. The first-order valence-electron chi connectivity index (χ1n) is 8.26. The summed E-state index contributed by atoms with van der Waals surface area (Å²) in [6, 6.07) is 16.9. The predicted molar refractivity (Wildman–Crippen MR) is 104 cm³/mol. The highest BCUT2D eigenvalue weighted by atomic mass is 35.5. The average Bonchev–Trinajstić information content (AvgIpc) is 2.70. The molecule has 1 aromatic heterocycles. The number of nitrogens with one attached hydrogen (secondary N) is 1. The van der Waals surface area contributed by atoms with Crippen LogP contribution in [0, 0.1) is 0 Å². The molecular formula is C19H16ClN3O4S. The van der Waals surface area contributed by atoms with E-state index in [1.165, 1.54) is 12.1 Å². The number of hydrogen-bond donors (Lipinski definition) is 1. The number of benzene rings is 2. The van der Waals surface area contributed by atoms with Gasteiger partial charge in [-0.3, -0.25) is 9.59 Å². The SMILES string of the molecule is O=C(Cn1nc(S(=O)(=O)c2ccccc2)ccc1=O)NCc1ccc(Cl)cc1. The molecule has 1 amide bonds. The number of carbonyl (C=O) groups excluding carboxylic acids is 1. The van der Waals surface area contributed by atoms with Crippen molar-refractivity contribution in [3.8, 4) is 0 Å².